The maximum absolute atomic E-state index is 11.4. The van der Waals surface area contributed by atoms with Gasteiger partial charge in [-0.05, 0) is 20.8 Å². The van der Waals surface area contributed by atoms with Gasteiger partial charge in [-0.25, -0.2) is 5.43 Å². The van der Waals surface area contributed by atoms with E-state index in [0.717, 1.165) is 0 Å². The number of carbonyl (C=O) groups is 2. The summed E-state index contributed by atoms with van der Waals surface area (Å²) < 4.78 is 0. The lowest BCUT2D eigenvalue weighted by Crippen LogP contribution is -2.43. The van der Waals surface area contributed by atoms with Gasteiger partial charge in [0.15, 0.2) is 0 Å². The van der Waals surface area contributed by atoms with Gasteiger partial charge in [0.2, 0.25) is 5.91 Å². The summed E-state index contributed by atoms with van der Waals surface area (Å²) in [4.78, 5) is 22.1. The molecule has 2 N–H and O–H groups in total. The third-order valence-electron chi connectivity index (χ3n) is 1.39. The van der Waals surface area contributed by atoms with E-state index in [1.54, 1.807) is 0 Å². The average Bonchev–Trinajstić information content (AvgIpc) is 2.31. The largest absolute Gasteiger partial charge is 0.346 e. The van der Waals surface area contributed by atoms with Crippen LogP contribution in [0, 0.1) is 0 Å². The van der Waals surface area contributed by atoms with Crippen molar-refractivity contribution in [3.05, 3.63) is 0 Å². The zero-order valence-electron chi connectivity index (χ0n) is 7.97. The van der Waals surface area contributed by atoms with Gasteiger partial charge in [0, 0.05) is 5.54 Å². The van der Waals surface area contributed by atoms with Crippen LogP contribution in [-0.4, -0.2) is 23.1 Å². The first-order valence-corrected chi connectivity index (χ1v) is 4.06. The SMILES string of the molecule is CC(C)(C)NC(=O)C1=NNC(=O)C1. The van der Waals surface area contributed by atoms with Gasteiger partial charge in [0.25, 0.3) is 5.91 Å². The molecule has 5 nitrogen and oxygen atoms in total. The van der Waals surface area contributed by atoms with Crippen molar-refractivity contribution in [1.82, 2.24) is 10.7 Å². The fraction of sp³-hybridized carbons (Fsp3) is 0.625. The predicted molar refractivity (Wildman–Crippen MR) is 48.1 cm³/mol. The molecule has 0 fully saturated rings. The second kappa shape index (κ2) is 3.16. The van der Waals surface area contributed by atoms with Gasteiger partial charge >= 0.3 is 0 Å². The third-order valence-corrected chi connectivity index (χ3v) is 1.39. The van der Waals surface area contributed by atoms with Crippen LogP contribution in [0.1, 0.15) is 27.2 Å². The highest BCUT2D eigenvalue weighted by molar-refractivity contribution is 6.43. The Labute approximate surface area is 76.6 Å². The summed E-state index contributed by atoms with van der Waals surface area (Å²) in [6.07, 6.45) is 0.0713. The van der Waals surface area contributed by atoms with Crippen LogP contribution in [0.2, 0.25) is 0 Å². The molecule has 5 heteroatoms. The topological polar surface area (TPSA) is 70.6 Å². The van der Waals surface area contributed by atoms with Crippen LogP contribution in [-0.2, 0) is 9.59 Å². The Balaban J connectivity index is 2.55. The molecule has 1 aliphatic rings. The smallest absolute Gasteiger partial charge is 0.268 e. The maximum atomic E-state index is 11.4. The summed E-state index contributed by atoms with van der Waals surface area (Å²) in [6, 6.07) is 0. The molecule has 2 amide bonds. The third kappa shape index (κ3) is 2.85. The molecule has 0 atom stereocenters. The number of carbonyl (C=O) groups excluding carboxylic acids is 2. The number of hydrogen-bond donors (Lipinski definition) is 2. The van der Waals surface area contributed by atoms with E-state index in [4.69, 9.17) is 0 Å². The van der Waals surface area contributed by atoms with E-state index in [1.807, 2.05) is 20.8 Å². The second-order valence-electron chi connectivity index (χ2n) is 3.97. The highest BCUT2D eigenvalue weighted by atomic mass is 16.2. The molecule has 0 aliphatic carbocycles. The van der Waals surface area contributed by atoms with Gasteiger partial charge < -0.3 is 5.32 Å². The Kier molecular flexibility index (Phi) is 2.36. The van der Waals surface area contributed by atoms with Gasteiger partial charge in [-0.2, -0.15) is 5.10 Å². The van der Waals surface area contributed by atoms with Crippen LogP contribution < -0.4 is 10.7 Å². The quantitative estimate of drug-likeness (QED) is 0.590. The van der Waals surface area contributed by atoms with E-state index < -0.39 is 0 Å². The molecule has 0 saturated heterocycles. The second-order valence-corrected chi connectivity index (χ2v) is 3.97. The fourth-order valence-corrected chi connectivity index (χ4v) is 0.905. The van der Waals surface area contributed by atoms with E-state index in [2.05, 4.69) is 15.8 Å². The highest BCUT2D eigenvalue weighted by Gasteiger charge is 2.24. The molecule has 1 rings (SSSR count). The molecule has 0 aromatic rings. The molecule has 0 aromatic carbocycles. The van der Waals surface area contributed by atoms with Gasteiger partial charge in [0.05, 0.1) is 6.42 Å². The molecule has 0 spiro atoms. The van der Waals surface area contributed by atoms with E-state index in [-0.39, 0.29) is 29.5 Å². The van der Waals surface area contributed by atoms with E-state index in [9.17, 15) is 9.59 Å². The first kappa shape index (κ1) is 9.70. The molecular formula is C8H13N3O2. The molecule has 1 aliphatic heterocycles. The van der Waals surface area contributed by atoms with Crippen molar-refractivity contribution in [2.75, 3.05) is 0 Å². The van der Waals surface area contributed by atoms with Gasteiger partial charge in [-0.1, -0.05) is 0 Å². The predicted octanol–water partition coefficient (Wildman–Crippen LogP) is -0.223. The number of hydrogen-bond acceptors (Lipinski definition) is 3. The van der Waals surface area contributed by atoms with Crippen molar-refractivity contribution in [1.29, 1.82) is 0 Å². The first-order chi connectivity index (χ1) is 5.88. The Morgan fingerprint density at radius 2 is 2.15 bits per heavy atom. The number of rotatable bonds is 1. The maximum Gasteiger partial charge on any atom is 0.268 e. The molecule has 13 heavy (non-hydrogen) atoms. The Morgan fingerprint density at radius 1 is 1.54 bits per heavy atom. The van der Waals surface area contributed by atoms with Crippen LogP contribution in [0.4, 0.5) is 0 Å². The minimum Gasteiger partial charge on any atom is -0.346 e. The summed E-state index contributed by atoms with van der Waals surface area (Å²) in [7, 11) is 0. The highest BCUT2D eigenvalue weighted by Crippen LogP contribution is 2.01. The zero-order chi connectivity index (χ0) is 10.1. The van der Waals surface area contributed by atoms with Crippen molar-refractivity contribution >= 4 is 17.5 Å². The first-order valence-electron chi connectivity index (χ1n) is 4.06. The van der Waals surface area contributed by atoms with Crippen LogP contribution in [0.15, 0.2) is 5.10 Å². The van der Waals surface area contributed by atoms with Crippen molar-refractivity contribution in [2.24, 2.45) is 5.10 Å². The Morgan fingerprint density at radius 3 is 2.54 bits per heavy atom. The standard InChI is InChI=1S/C8H13N3O2/c1-8(2,3)9-7(13)5-4-6(12)11-10-5/h4H2,1-3H3,(H,9,13)(H,11,12). The van der Waals surface area contributed by atoms with Gasteiger partial charge in [-0.3, -0.25) is 9.59 Å². The molecule has 72 valence electrons. The van der Waals surface area contributed by atoms with Crippen LogP contribution in [0.25, 0.3) is 0 Å². The molecule has 0 radical (unpaired) electrons. The summed E-state index contributed by atoms with van der Waals surface area (Å²) in [5.41, 5.74) is 2.17. The van der Waals surface area contributed by atoms with E-state index in [0.29, 0.717) is 0 Å². The van der Waals surface area contributed by atoms with E-state index >= 15 is 0 Å². The lowest BCUT2D eigenvalue weighted by molar-refractivity contribution is -0.120. The molecule has 0 unspecified atom stereocenters. The molecular weight excluding hydrogens is 170 g/mol. The summed E-state index contributed by atoms with van der Waals surface area (Å²) in [5.74, 6) is -0.523. The van der Waals surface area contributed by atoms with Crippen molar-refractivity contribution in [3.8, 4) is 0 Å². The van der Waals surface area contributed by atoms with Gasteiger partial charge in [-0.15, -0.1) is 0 Å². The lowest BCUT2D eigenvalue weighted by atomic mass is 10.1. The summed E-state index contributed by atoms with van der Waals surface area (Å²) in [6.45, 7) is 5.61. The zero-order valence-corrected chi connectivity index (χ0v) is 7.97. The normalized spacial score (nSPS) is 16.5. The molecule has 0 bridgehead atoms. The van der Waals surface area contributed by atoms with Crippen LogP contribution >= 0.6 is 0 Å². The summed E-state index contributed by atoms with van der Waals surface area (Å²) >= 11 is 0. The summed E-state index contributed by atoms with van der Waals surface area (Å²) in [5, 5.41) is 6.33. The van der Waals surface area contributed by atoms with Crippen LogP contribution in [0.5, 0.6) is 0 Å². The van der Waals surface area contributed by atoms with Gasteiger partial charge in [0.1, 0.15) is 5.71 Å². The average molecular weight is 183 g/mol. The monoisotopic (exact) mass is 183 g/mol. The number of amides is 2. The van der Waals surface area contributed by atoms with Crippen molar-refractivity contribution in [3.63, 3.8) is 0 Å². The molecule has 0 saturated carbocycles. The number of hydrazone groups is 1. The minimum absolute atomic E-state index is 0.0713. The van der Waals surface area contributed by atoms with Crippen LogP contribution in [0.3, 0.4) is 0 Å². The van der Waals surface area contributed by atoms with Crippen molar-refractivity contribution in [2.45, 2.75) is 32.7 Å². The number of nitrogens with zero attached hydrogens (tertiary/aromatic N) is 1. The van der Waals surface area contributed by atoms with Crippen molar-refractivity contribution < 1.29 is 9.59 Å². The fourth-order valence-electron chi connectivity index (χ4n) is 0.905. The minimum atomic E-state index is -0.300. The number of nitrogens with one attached hydrogen (secondary N) is 2. The Bertz CT molecular complexity index is 276. The Hall–Kier alpha value is -1.39. The van der Waals surface area contributed by atoms with E-state index in [1.165, 1.54) is 0 Å². The molecule has 0 aromatic heterocycles. The molecule has 1 heterocycles. The lowest BCUT2D eigenvalue weighted by Gasteiger charge is -2.19.